The number of fused-ring (bicyclic) bond motifs is 2. The van der Waals surface area contributed by atoms with Crippen molar-refractivity contribution >= 4 is 69.1 Å². The minimum Gasteiger partial charge on any atom is -0.386 e. The van der Waals surface area contributed by atoms with Gasteiger partial charge < -0.3 is 4.74 Å². The van der Waals surface area contributed by atoms with E-state index in [0.717, 1.165) is 10.8 Å². The van der Waals surface area contributed by atoms with Crippen LogP contribution in [0.2, 0.25) is 20.1 Å². The van der Waals surface area contributed by atoms with Crippen LogP contribution < -0.4 is 0 Å². The molecule has 1 aliphatic rings. The lowest BCUT2D eigenvalue weighted by Crippen LogP contribution is -1.97. The quantitative estimate of drug-likeness (QED) is 0.217. The van der Waals surface area contributed by atoms with Gasteiger partial charge in [0.25, 0.3) is 0 Å². The first-order valence-corrected chi connectivity index (χ1v) is 8.21. The number of esters is 2. The molecule has 25 heavy (non-hydrogen) atoms. The number of halogens is 4. The molecule has 5 nitrogen and oxygen atoms in total. The van der Waals surface area contributed by atoms with Crippen LogP contribution in [-0.2, 0) is 4.74 Å². The van der Waals surface area contributed by atoms with Crippen LogP contribution in [0.4, 0.5) is 0 Å². The average Bonchev–Trinajstić information content (AvgIpc) is 2.93. The summed E-state index contributed by atoms with van der Waals surface area (Å²) in [6, 6.07) is 8.02. The fourth-order valence-electron chi connectivity index (χ4n) is 2.14. The molecular weight excluding hydrogens is 410 g/mol. The molecule has 9 heteroatoms. The Morgan fingerprint density at radius 1 is 0.680 bits per heavy atom. The molecular formula is C16H6Cl4N2O3. The minimum atomic E-state index is -0.875. The van der Waals surface area contributed by atoms with Gasteiger partial charge in [-0.1, -0.05) is 70.7 Å². The van der Waals surface area contributed by atoms with Crippen molar-refractivity contribution in [2.75, 3.05) is 0 Å². The molecule has 1 aliphatic heterocycles. The molecule has 0 atom stereocenters. The van der Waals surface area contributed by atoms with Gasteiger partial charge in [0, 0.05) is 10.8 Å². The fourth-order valence-corrected chi connectivity index (χ4v) is 3.15. The molecule has 2 aromatic carbocycles. The number of ether oxygens (including phenoxy) is 1. The summed E-state index contributed by atoms with van der Waals surface area (Å²) in [5.41, 5.74) is -0.276. The van der Waals surface area contributed by atoms with Gasteiger partial charge in [0.2, 0.25) is 0 Å². The van der Waals surface area contributed by atoms with Crippen molar-refractivity contribution in [3.63, 3.8) is 0 Å². The smallest absolute Gasteiger partial charge is 0.348 e. The molecule has 4 rings (SSSR count). The van der Waals surface area contributed by atoms with Crippen LogP contribution in [0.5, 0.6) is 0 Å². The van der Waals surface area contributed by atoms with E-state index in [1.165, 1.54) is 0 Å². The molecule has 0 spiro atoms. The zero-order chi connectivity index (χ0) is 18.1. The topological polar surface area (TPSA) is 69.2 Å². The van der Waals surface area contributed by atoms with Gasteiger partial charge in [0.1, 0.15) is 0 Å². The highest BCUT2D eigenvalue weighted by Gasteiger charge is 2.37. The second-order valence-electron chi connectivity index (χ2n) is 4.80. The first kappa shape index (κ1) is 17.9. The molecule has 3 aromatic rings. The number of carbonyl (C=O) groups is 2. The molecule has 0 N–H and O–H groups in total. The summed E-state index contributed by atoms with van der Waals surface area (Å²) in [7, 11) is 0. The number of benzene rings is 2. The summed E-state index contributed by atoms with van der Waals surface area (Å²) in [5, 5.41) is 9.39. The molecule has 0 amide bonds. The van der Waals surface area contributed by atoms with Crippen molar-refractivity contribution in [3.05, 3.63) is 67.9 Å². The van der Waals surface area contributed by atoms with Crippen molar-refractivity contribution < 1.29 is 14.3 Å². The summed E-state index contributed by atoms with van der Waals surface area (Å²) in [4.78, 5) is 22.4. The maximum atomic E-state index is 11.2. The SMILES string of the molecule is O=C1OC(=O)c2c(Cl)c(Cl)c(Cl)c(Cl)c21.c1ccc2cnncc2c1. The molecule has 0 saturated carbocycles. The third-order valence-corrected chi connectivity index (χ3v) is 5.12. The summed E-state index contributed by atoms with van der Waals surface area (Å²) in [6.07, 6.45) is 3.52. The van der Waals surface area contributed by atoms with E-state index in [9.17, 15) is 9.59 Å². The number of carbonyl (C=O) groups excluding carboxylic acids is 2. The zero-order valence-electron chi connectivity index (χ0n) is 12.1. The van der Waals surface area contributed by atoms with Crippen molar-refractivity contribution in [2.24, 2.45) is 0 Å². The first-order chi connectivity index (χ1) is 11.9. The lowest BCUT2D eigenvalue weighted by Gasteiger charge is -2.04. The van der Waals surface area contributed by atoms with Gasteiger partial charge in [-0.3, -0.25) is 0 Å². The Morgan fingerprint density at radius 3 is 1.48 bits per heavy atom. The Hall–Kier alpha value is -1.92. The number of hydrogen-bond acceptors (Lipinski definition) is 5. The monoisotopic (exact) mass is 414 g/mol. The van der Waals surface area contributed by atoms with Gasteiger partial charge in [-0.2, -0.15) is 10.2 Å². The average molecular weight is 416 g/mol. The zero-order valence-corrected chi connectivity index (χ0v) is 15.1. The Morgan fingerprint density at radius 2 is 1.08 bits per heavy atom. The highest BCUT2D eigenvalue weighted by molar-refractivity contribution is 6.54. The molecule has 0 radical (unpaired) electrons. The predicted octanol–water partition coefficient (Wildman–Crippen LogP) is 5.24. The van der Waals surface area contributed by atoms with Crippen LogP contribution in [0.3, 0.4) is 0 Å². The highest BCUT2D eigenvalue weighted by atomic mass is 35.5. The Bertz CT molecular complexity index is 913. The van der Waals surface area contributed by atoms with Crippen LogP contribution in [-0.4, -0.2) is 22.1 Å². The van der Waals surface area contributed by atoms with Crippen LogP contribution >= 0.6 is 46.4 Å². The van der Waals surface area contributed by atoms with E-state index in [1.807, 2.05) is 24.3 Å². The molecule has 0 fully saturated rings. The summed E-state index contributed by atoms with van der Waals surface area (Å²) in [5.74, 6) is -1.75. The van der Waals surface area contributed by atoms with Crippen molar-refractivity contribution in [3.8, 4) is 0 Å². The normalized spacial score (nSPS) is 12.5. The van der Waals surface area contributed by atoms with Gasteiger partial charge in [-0.15, -0.1) is 0 Å². The van der Waals surface area contributed by atoms with Crippen molar-refractivity contribution in [1.29, 1.82) is 0 Å². The van der Waals surface area contributed by atoms with Crippen LogP contribution in [0, 0.1) is 0 Å². The lowest BCUT2D eigenvalue weighted by atomic mass is 10.1. The molecule has 1 aromatic heterocycles. The van der Waals surface area contributed by atoms with Crippen molar-refractivity contribution in [2.45, 2.75) is 0 Å². The maximum Gasteiger partial charge on any atom is 0.348 e. The van der Waals surface area contributed by atoms with Gasteiger partial charge in [-0.05, 0) is 0 Å². The van der Waals surface area contributed by atoms with Gasteiger partial charge >= 0.3 is 11.9 Å². The number of nitrogens with zero attached hydrogens (tertiary/aromatic N) is 2. The van der Waals surface area contributed by atoms with Crippen LogP contribution in [0.15, 0.2) is 36.7 Å². The molecule has 2 heterocycles. The van der Waals surface area contributed by atoms with E-state index in [2.05, 4.69) is 14.9 Å². The fraction of sp³-hybridized carbons (Fsp3) is 0. The largest absolute Gasteiger partial charge is 0.386 e. The van der Waals surface area contributed by atoms with E-state index >= 15 is 0 Å². The molecule has 0 aliphatic carbocycles. The number of aromatic nitrogens is 2. The number of cyclic esters (lactones) is 2. The van der Waals surface area contributed by atoms with Crippen LogP contribution in [0.25, 0.3) is 10.8 Å². The van der Waals surface area contributed by atoms with E-state index in [1.54, 1.807) is 12.4 Å². The maximum absolute atomic E-state index is 11.2. The second-order valence-corrected chi connectivity index (χ2v) is 6.31. The summed E-state index contributed by atoms with van der Waals surface area (Å²) >= 11 is 22.9. The Kier molecular flexibility index (Phi) is 5.11. The Balaban J connectivity index is 0.000000157. The molecule has 0 bridgehead atoms. The van der Waals surface area contributed by atoms with E-state index in [0.29, 0.717) is 0 Å². The van der Waals surface area contributed by atoms with E-state index in [-0.39, 0.29) is 31.2 Å². The van der Waals surface area contributed by atoms with Gasteiger partial charge in [0.15, 0.2) is 0 Å². The highest BCUT2D eigenvalue weighted by Crippen LogP contribution is 2.43. The lowest BCUT2D eigenvalue weighted by molar-refractivity contribution is 0.0444. The third kappa shape index (κ3) is 3.28. The molecule has 0 unspecified atom stereocenters. The van der Waals surface area contributed by atoms with E-state index in [4.69, 9.17) is 46.4 Å². The van der Waals surface area contributed by atoms with Crippen LogP contribution in [0.1, 0.15) is 20.7 Å². The van der Waals surface area contributed by atoms with Gasteiger partial charge in [0.05, 0.1) is 43.6 Å². The third-order valence-electron chi connectivity index (χ3n) is 3.32. The first-order valence-electron chi connectivity index (χ1n) is 6.69. The predicted molar refractivity (Wildman–Crippen MR) is 95.8 cm³/mol. The number of hydrogen-bond donors (Lipinski definition) is 0. The minimum absolute atomic E-state index is 0.0752. The Labute approximate surface area is 161 Å². The van der Waals surface area contributed by atoms with Crippen molar-refractivity contribution in [1.82, 2.24) is 10.2 Å². The second kappa shape index (κ2) is 7.14. The summed E-state index contributed by atoms with van der Waals surface area (Å²) in [6.45, 7) is 0. The summed E-state index contributed by atoms with van der Waals surface area (Å²) < 4.78 is 4.34. The number of rotatable bonds is 0. The van der Waals surface area contributed by atoms with E-state index < -0.39 is 11.9 Å². The molecule has 0 saturated heterocycles. The van der Waals surface area contributed by atoms with Gasteiger partial charge in [-0.25, -0.2) is 9.59 Å². The standard InChI is InChI=1S/C8Cl4O3.C8H6N2/c9-3-1-2(8(14)15-7(1)13)4(10)6(12)5(3)11;1-2-4-8-6-10-9-5-7(8)3-1/h;1-6H. The molecule has 126 valence electrons.